The Labute approximate surface area is 143 Å². The van der Waals surface area contributed by atoms with Crippen molar-refractivity contribution in [1.82, 2.24) is 5.32 Å². The summed E-state index contributed by atoms with van der Waals surface area (Å²) in [5, 5.41) is 3.03. The molecule has 1 spiro atoms. The fourth-order valence-corrected chi connectivity index (χ4v) is 3.48. The molecule has 24 heavy (non-hydrogen) atoms. The van der Waals surface area contributed by atoms with Crippen molar-refractivity contribution >= 4 is 5.91 Å². The van der Waals surface area contributed by atoms with Crippen LogP contribution in [0.1, 0.15) is 37.7 Å². The Hall–Kier alpha value is -1.59. The molecule has 1 heterocycles. The van der Waals surface area contributed by atoms with E-state index in [1.165, 1.54) is 5.56 Å². The number of carbonyl (C=O) groups is 1. The minimum absolute atomic E-state index is 0.0638. The molecule has 1 amide bonds. The molecule has 132 valence electrons. The van der Waals surface area contributed by atoms with Crippen molar-refractivity contribution < 1.29 is 19.0 Å². The van der Waals surface area contributed by atoms with Crippen LogP contribution in [0.15, 0.2) is 24.3 Å². The molecule has 1 aliphatic carbocycles. The molecule has 3 rings (SSSR count). The van der Waals surface area contributed by atoms with Gasteiger partial charge in [-0.1, -0.05) is 17.7 Å². The molecule has 1 N–H and O–H groups in total. The SMILES string of the molecule is Cc1ccc(OCCCCNC(=O)C2CCCC23OCCO3)cc1. The summed E-state index contributed by atoms with van der Waals surface area (Å²) in [7, 11) is 0. The van der Waals surface area contributed by atoms with E-state index in [0.717, 1.165) is 37.9 Å². The van der Waals surface area contributed by atoms with Gasteiger partial charge in [0.2, 0.25) is 5.91 Å². The van der Waals surface area contributed by atoms with Crippen LogP contribution in [0.25, 0.3) is 0 Å². The standard InChI is InChI=1S/C19H27NO4/c1-15-6-8-16(9-7-15)22-12-3-2-11-20-18(21)17-5-4-10-19(17)23-13-14-24-19/h6-9,17H,2-5,10-14H2,1H3,(H,20,21). The summed E-state index contributed by atoms with van der Waals surface area (Å²) in [6.45, 7) is 4.59. The summed E-state index contributed by atoms with van der Waals surface area (Å²) >= 11 is 0. The molecule has 5 nitrogen and oxygen atoms in total. The van der Waals surface area contributed by atoms with Crippen LogP contribution >= 0.6 is 0 Å². The summed E-state index contributed by atoms with van der Waals surface area (Å²) in [6.07, 6.45) is 4.48. The lowest BCUT2D eigenvalue weighted by Crippen LogP contribution is -2.44. The second-order valence-corrected chi connectivity index (χ2v) is 6.61. The van der Waals surface area contributed by atoms with Crippen LogP contribution < -0.4 is 10.1 Å². The monoisotopic (exact) mass is 333 g/mol. The Morgan fingerprint density at radius 3 is 2.75 bits per heavy atom. The first kappa shape index (κ1) is 17.2. The number of aryl methyl sites for hydroxylation is 1. The van der Waals surface area contributed by atoms with Gasteiger partial charge < -0.3 is 19.5 Å². The summed E-state index contributed by atoms with van der Waals surface area (Å²) in [4.78, 5) is 12.4. The van der Waals surface area contributed by atoms with E-state index in [0.29, 0.717) is 26.4 Å². The van der Waals surface area contributed by atoms with Crippen molar-refractivity contribution in [1.29, 1.82) is 0 Å². The molecule has 1 atom stereocenters. The molecule has 1 saturated carbocycles. The maximum atomic E-state index is 12.4. The second kappa shape index (κ2) is 7.99. The molecular formula is C19H27NO4. The van der Waals surface area contributed by atoms with Crippen LogP contribution in [0.2, 0.25) is 0 Å². The molecule has 2 fully saturated rings. The van der Waals surface area contributed by atoms with Gasteiger partial charge in [0.05, 0.1) is 25.7 Å². The largest absolute Gasteiger partial charge is 0.494 e. The first-order valence-corrected chi connectivity index (χ1v) is 8.95. The van der Waals surface area contributed by atoms with Gasteiger partial charge >= 0.3 is 0 Å². The molecule has 5 heteroatoms. The van der Waals surface area contributed by atoms with Crippen molar-refractivity contribution in [3.8, 4) is 5.75 Å². The van der Waals surface area contributed by atoms with Crippen LogP contribution in [0.3, 0.4) is 0 Å². The average Bonchev–Trinajstić information content (AvgIpc) is 3.23. The highest BCUT2D eigenvalue weighted by Gasteiger charge is 2.51. The van der Waals surface area contributed by atoms with Gasteiger partial charge in [-0.3, -0.25) is 4.79 Å². The number of benzene rings is 1. The molecule has 1 aliphatic heterocycles. The normalized spacial score (nSPS) is 22.0. The first-order chi connectivity index (χ1) is 11.7. The zero-order valence-electron chi connectivity index (χ0n) is 14.4. The lowest BCUT2D eigenvalue weighted by molar-refractivity contribution is -0.186. The van der Waals surface area contributed by atoms with Crippen LogP contribution in [-0.2, 0) is 14.3 Å². The minimum Gasteiger partial charge on any atom is -0.494 e. The Morgan fingerprint density at radius 1 is 1.25 bits per heavy atom. The summed E-state index contributed by atoms with van der Waals surface area (Å²) in [5.74, 6) is 0.157. The van der Waals surface area contributed by atoms with Gasteiger partial charge in [-0.25, -0.2) is 0 Å². The predicted molar refractivity (Wildman–Crippen MR) is 90.9 cm³/mol. The zero-order valence-corrected chi connectivity index (χ0v) is 14.4. The van der Waals surface area contributed by atoms with Crippen molar-refractivity contribution in [3.05, 3.63) is 29.8 Å². The van der Waals surface area contributed by atoms with Crippen molar-refractivity contribution in [3.63, 3.8) is 0 Å². The lowest BCUT2D eigenvalue weighted by Gasteiger charge is -2.28. The van der Waals surface area contributed by atoms with Crippen molar-refractivity contribution in [2.75, 3.05) is 26.4 Å². The van der Waals surface area contributed by atoms with E-state index in [1.807, 2.05) is 24.3 Å². The van der Waals surface area contributed by atoms with Gasteiger partial charge in [0.1, 0.15) is 5.75 Å². The summed E-state index contributed by atoms with van der Waals surface area (Å²) < 4.78 is 17.2. The fourth-order valence-electron chi connectivity index (χ4n) is 3.48. The third kappa shape index (κ3) is 4.08. The van der Waals surface area contributed by atoms with Gasteiger partial charge in [0, 0.05) is 13.0 Å². The van der Waals surface area contributed by atoms with Crippen molar-refractivity contribution in [2.45, 2.75) is 44.8 Å². The van der Waals surface area contributed by atoms with Gasteiger partial charge in [-0.15, -0.1) is 0 Å². The number of nitrogens with one attached hydrogen (secondary N) is 1. The molecule has 0 bridgehead atoms. The highest BCUT2D eigenvalue weighted by molar-refractivity contribution is 5.80. The average molecular weight is 333 g/mol. The highest BCUT2D eigenvalue weighted by atomic mass is 16.7. The van der Waals surface area contributed by atoms with Gasteiger partial charge in [0.25, 0.3) is 0 Å². The quantitative estimate of drug-likeness (QED) is 0.780. The molecule has 2 aliphatic rings. The van der Waals surface area contributed by atoms with Crippen LogP contribution in [0.5, 0.6) is 5.75 Å². The van der Waals surface area contributed by atoms with Gasteiger partial charge in [0.15, 0.2) is 5.79 Å². The maximum absolute atomic E-state index is 12.4. The van der Waals surface area contributed by atoms with E-state index in [9.17, 15) is 4.79 Å². The Bertz CT molecular complexity index is 531. The summed E-state index contributed by atoms with van der Waals surface area (Å²) in [6, 6.07) is 8.05. The van der Waals surface area contributed by atoms with E-state index < -0.39 is 5.79 Å². The van der Waals surface area contributed by atoms with E-state index >= 15 is 0 Å². The van der Waals surface area contributed by atoms with Crippen molar-refractivity contribution in [2.24, 2.45) is 5.92 Å². The third-order valence-corrected chi connectivity index (χ3v) is 4.80. The molecule has 1 aromatic carbocycles. The number of carbonyl (C=O) groups excluding carboxylic acids is 1. The van der Waals surface area contributed by atoms with Crippen LogP contribution in [0.4, 0.5) is 0 Å². The van der Waals surface area contributed by atoms with E-state index in [-0.39, 0.29) is 11.8 Å². The first-order valence-electron chi connectivity index (χ1n) is 8.95. The smallest absolute Gasteiger partial charge is 0.228 e. The number of ether oxygens (including phenoxy) is 3. The minimum atomic E-state index is -0.640. The predicted octanol–water partition coefficient (Wildman–Crippen LogP) is 2.81. The zero-order chi connectivity index (χ0) is 16.8. The fraction of sp³-hybridized carbons (Fsp3) is 0.632. The molecule has 1 unspecified atom stereocenters. The van der Waals surface area contributed by atoms with Gasteiger partial charge in [-0.05, 0) is 44.7 Å². The molecule has 0 radical (unpaired) electrons. The number of hydrogen-bond acceptors (Lipinski definition) is 4. The number of hydrogen-bond donors (Lipinski definition) is 1. The Balaban J connectivity index is 1.32. The topological polar surface area (TPSA) is 56.8 Å². The number of unbranched alkanes of at least 4 members (excludes halogenated alkanes) is 1. The number of amides is 1. The molecule has 1 aromatic rings. The molecule has 1 saturated heterocycles. The third-order valence-electron chi connectivity index (χ3n) is 4.80. The van der Waals surface area contributed by atoms with Crippen LogP contribution in [-0.4, -0.2) is 38.1 Å². The molecule has 0 aromatic heterocycles. The highest BCUT2D eigenvalue weighted by Crippen LogP contribution is 2.42. The maximum Gasteiger partial charge on any atom is 0.228 e. The van der Waals surface area contributed by atoms with E-state index in [1.54, 1.807) is 0 Å². The second-order valence-electron chi connectivity index (χ2n) is 6.61. The summed E-state index contributed by atoms with van der Waals surface area (Å²) in [5.41, 5.74) is 1.23. The lowest BCUT2D eigenvalue weighted by atomic mass is 10.0. The van der Waals surface area contributed by atoms with E-state index in [2.05, 4.69) is 12.2 Å². The Morgan fingerprint density at radius 2 is 2.00 bits per heavy atom. The number of rotatable bonds is 7. The Kier molecular flexibility index (Phi) is 5.74. The molecular weight excluding hydrogens is 306 g/mol. The van der Waals surface area contributed by atoms with Crippen LogP contribution in [0, 0.1) is 12.8 Å². The van der Waals surface area contributed by atoms with Gasteiger partial charge in [-0.2, -0.15) is 0 Å². The van der Waals surface area contributed by atoms with E-state index in [4.69, 9.17) is 14.2 Å².